The Kier molecular flexibility index (Phi) is 3.86. The lowest BCUT2D eigenvalue weighted by atomic mass is 9.96. The van der Waals surface area contributed by atoms with Crippen LogP contribution in [0.5, 0.6) is 5.75 Å². The highest BCUT2D eigenvalue weighted by Gasteiger charge is 2.22. The van der Waals surface area contributed by atoms with E-state index in [1.54, 1.807) is 0 Å². The first kappa shape index (κ1) is 14.0. The van der Waals surface area contributed by atoms with Gasteiger partial charge in [0.15, 0.2) is 0 Å². The average molecular weight is 290 g/mol. The Morgan fingerprint density at radius 2 is 2.10 bits per heavy atom. The molecular formula is C16H16F2N2O. The standard InChI is InChI=1S/C16H16F2N2O/c17-12-5-4-11(14(18)9-12)8-15(20-19)13-3-1-2-10-6-7-21-16(10)13/h1-5,9,15,20H,6-8,19H2. The third-order valence-electron chi connectivity index (χ3n) is 3.76. The number of nitrogens with two attached hydrogens (primary N) is 1. The normalized spacial score (nSPS) is 14.6. The van der Waals surface area contributed by atoms with Gasteiger partial charge in [0.25, 0.3) is 0 Å². The van der Waals surface area contributed by atoms with Gasteiger partial charge in [0.05, 0.1) is 12.6 Å². The number of halogens is 2. The monoisotopic (exact) mass is 290 g/mol. The molecule has 0 amide bonds. The largest absolute Gasteiger partial charge is 0.493 e. The van der Waals surface area contributed by atoms with E-state index in [4.69, 9.17) is 10.6 Å². The molecule has 0 saturated heterocycles. The van der Waals surface area contributed by atoms with Crippen LogP contribution >= 0.6 is 0 Å². The molecular weight excluding hydrogens is 274 g/mol. The van der Waals surface area contributed by atoms with Gasteiger partial charge < -0.3 is 4.74 Å². The second-order valence-corrected chi connectivity index (χ2v) is 5.09. The maximum atomic E-state index is 13.8. The first-order chi connectivity index (χ1) is 10.2. The van der Waals surface area contributed by atoms with E-state index in [1.807, 2.05) is 18.2 Å². The Labute approximate surface area is 121 Å². The van der Waals surface area contributed by atoms with Crippen LogP contribution in [0.1, 0.15) is 22.7 Å². The summed E-state index contributed by atoms with van der Waals surface area (Å²) in [5.41, 5.74) is 5.14. The Bertz CT molecular complexity index is 661. The lowest BCUT2D eigenvalue weighted by Crippen LogP contribution is -2.30. The van der Waals surface area contributed by atoms with Gasteiger partial charge >= 0.3 is 0 Å². The van der Waals surface area contributed by atoms with Gasteiger partial charge in [-0.05, 0) is 23.6 Å². The fourth-order valence-corrected chi connectivity index (χ4v) is 2.68. The molecule has 1 aliphatic rings. The number of ether oxygens (including phenoxy) is 1. The van der Waals surface area contributed by atoms with Crippen molar-refractivity contribution in [1.82, 2.24) is 5.43 Å². The number of fused-ring (bicyclic) bond motifs is 1. The van der Waals surface area contributed by atoms with Gasteiger partial charge in [-0.3, -0.25) is 11.3 Å². The molecule has 0 spiro atoms. The zero-order chi connectivity index (χ0) is 14.8. The fraction of sp³-hybridized carbons (Fsp3) is 0.250. The molecule has 0 radical (unpaired) electrons. The summed E-state index contributed by atoms with van der Waals surface area (Å²) < 4.78 is 32.4. The van der Waals surface area contributed by atoms with Crippen LogP contribution in [0.3, 0.4) is 0 Å². The van der Waals surface area contributed by atoms with E-state index in [-0.39, 0.29) is 6.04 Å². The molecule has 1 aliphatic heterocycles. The highest BCUT2D eigenvalue weighted by Crippen LogP contribution is 2.34. The number of rotatable bonds is 4. The Balaban J connectivity index is 1.91. The number of hydrazine groups is 1. The van der Waals surface area contributed by atoms with E-state index < -0.39 is 11.6 Å². The highest BCUT2D eigenvalue weighted by atomic mass is 19.1. The third kappa shape index (κ3) is 2.75. The van der Waals surface area contributed by atoms with Crippen molar-refractivity contribution in [2.45, 2.75) is 18.9 Å². The maximum absolute atomic E-state index is 13.8. The lowest BCUT2D eigenvalue weighted by Gasteiger charge is -2.19. The van der Waals surface area contributed by atoms with Crippen molar-refractivity contribution in [3.8, 4) is 5.75 Å². The van der Waals surface area contributed by atoms with E-state index in [0.717, 1.165) is 29.4 Å². The van der Waals surface area contributed by atoms with Crippen LogP contribution < -0.4 is 16.0 Å². The molecule has 1 atom stereocenters. The van der Waals surface area contributed by atoms with Crippen molar-refractivity contribution in [2.24, 2.45) is 5.84 Å². The summed E-state index contributed by atoms with van der Waals surface area (Å²) in [6.45, 7) is 0.647. The van der Waals surface area contributed by atoms with Crippen LogP contribution in [-0.4, -0.2) is 6.61 Å². The summed E-state index contributed by atoms with van der Waals surface area (Å²) in [5, 5.41) is 0. The molecule has 2 aromatic carbocycles. The minimum absolute atomic E-state index is 0.294. The minimum Gasteiger partial charge on any atom is -0.493 e. The Morgan fingerprint density at radius 1 is 1.24 bits per heavy atom. The second-order valence-electron chi connectivity index (χ2n) is 5.09. The average Bonchev–Trinajstić information content (AvgIpc) is 2.95. The quantitative estimate of drug-likeness (QED) is 0.672. The van der Waals surface area contributed by atoms with Crippen LogP contribution in [0.2, 0.25) is 0 Å². The molecule has 0 aromatic heterocycles. The Hall–Kier alpha value is -1.98. The molecule has 1 heterocycles. The van der Waals surface area contributed by atoms with Crippen LogP contribution in [0, 0.1) is 11.6 Å². The molecule has 5 heteroatoms. The number of hydrogen-bond donors (Lipinski definition) is 2. The van der Waals surface area contributed by atoms with Crippen molar-refractivity contribution < 1.29 is 13.5 Å². The number of para-hydroxylation sites is 1. The molecule has 21 heavy (non-hydrogen) atoms. The highest BCUT2D eigenvalue weighted by molar-refractivity contribution is 5.46. The molecule has 110 valence electrons. The Morgan fingerprint density at radius 3 is 2.86 bits per heavy atom. The van der Waals surface area contributed by atoms with E-state index in [2.05, 4.69) is 5.43 Å². The van der Waals surface area contributed by atoms with E-state index >= 15 is 0 Å². The van der Waals surface area contributed by atoms with Crippen LogP contribution in [0.25, 0.3) is 0 Å². The molecule has 1 unspecified atom stereocenters. The van der Waals surface area contributed by atoms with Gasteiger partial charge in [0, 0.05) is 18.1 Å². The molecule has 3 rings (SSSR count). The smallest absolute Gasteiger partial charge is 0.129 e. The van der Waals surface area contributed by atoms with Gasteiger partial charge in [0.2, 0.25) is 0 Å². The fourth-order valence-electron chi connectivity index (χ4n) is 2.68. The molecule has 0 aliphatic carbocycles. The molecule has 3 N–H and O–H groups in total. The summed E-state index contributed by atoms with van der Waals surface area (Å²) in [6.07, 6.45) is 1.19. The van der Waals surface area contributed by atoms with Gasteiger partial charge in [0.1, 0.15) is 17.4 Å². The van der Waals surface area contributed by atoms with Crippen molar-refractivity contribution in [2.75, 3.05) is 6.61 Å². The summed E-state index contributed by atoms with van der Waals surface area (Å²) in [4.78, 5) is 0. The van der Waals surface area contributed by atoms with Crippen molar-refractivity contribution in [3.05, 3.63) is 64.7 Å². The summed E-state index contributed by atoms with van der Waals surface area (Å²) in [7, 11) is 0. The van der Waals surface area contributed by atoms with Crippen LogP contribution in [0.4, 0.5) is 8.78 Å². The predicted octanol–water partition coefficient (Wildman–Crippen LogP) is 2.65. The molecule has 0 fully saturated rings. The van der Waals surface area contributed by atoms with E-state index in [9.17, 15) is 8.78 Å². The summed E-state index contributed by atoms with van der Waals surface area (Å²) in [6, 6.07) is 9.14. The van der Waals surface area contributed by atoms with E-state index in [0.29, 0.717) is 18.6 Å². The third-order valence-corrected chi connectivity index (χ3v) is 3.76. The van der Waals surface area contributed by atoms with Crippen molar-refractivity contribution >= 4 is 0 Å². The van der Waals surface area contributed by atoms with Gasteiger partial charge in [-0.2, -0.15) is 0 Å². The maximum Gasteiger partial charge on any atom is 0.129 e. The molecule has 3 nitrogen and oxygen atoms in total. The van der Waals surface area contributed by atoms with Crippen molar-refractivity contribution in [3.63, 3.8) is 0 Å². The van der Waals surface area contributed by atoms with Gasteiger partial charge in [-0.1, -0.05) is 24.3 Å². The van der Waals surface area contributed by atoms with E-state index in [1.165, 1.54) is 12.1 Å². The number of benzene rings is 2. The van der Waals surface area contributed by atoms with Gasteiger partial charge in [-0.15, -0.1) is 0 Å². The van der Waals surface area contributed by atoms with Crippen LogP contribution in [0.15, 0.2) is 36.4 Å². The minimum atomic E-state index is -0.586. The molecule has 0 saturated carbocycles. The SMILES string of the molecule is NNC(Cc1ccc(F)cc1F)c1cccc2c1OCC2. The lowest BCUT2D eigenvalue weighted by molar-refractivity contribution is 0.348. The molecule has 2 aromatic rings. The zero-order valence-corrected chi connectivity index (χ0v) is 11.4. The summed E-state index contributed by atoms with van der Waals surface area (Å²) >= 11 is 0. The van der Waals surface area contributed by atoms with Crippen LogP contribution in [-0.2, 0) is 12.8 Å². The first-order valence-corrected chi connectivity index (χ1v) is 6.83. The summed E-state index contributed by atoms with van der Waals surface area (Å²) in [5.74, 6) is 5.30. The second kappa shape index (κ2) is 5.79. The predicted molar refractivity (Wildman–Crippen MR) is 75.8 cm³/mol. The zero-order valence-electron chi connectivity index (χ0n) is 11.4. The number of hydrogen-bond acceptors (Lipinski definition) is 3. The van der Waals surface area contributed by atoms with Gasteiger partial charge in [-0.25, -0.2) is 8.78 Å². The topological polar surface area (TPSA) is 47.3 Å². The number of nitrogens with one attached hydrogen (secondary N) is 1. The first-order valence-electron chi connectivity index (χ1n) is 6.83. The van der Waals surface area contributed by atoms with Crippen molar-refractivity contribution in [1.29, 1.82) is 0 Å². The molecule has 0 bridgehead atoms.